The Hall–Kier alpha value is -2.01. The summed E-state index contributed by atoms with van der Waals surface area (Å²) in [7, 11) is 3.23. The van der Waals surface area contributed by atoms with Crippen LogP contribution in [0.25, 0.3) is 10.9 Å². The van der Waals surface area contributed by atoms with E-state index in [1.807, 2.05) is 25.1 Å². The Kier molecular flexibility index (Phi) is 3.53. The zero-order valence-electron chi connectivity index (χ0n) is 10.8. The number of nitrogens with two attached hydrogens (primary N) is 1. The Bertz CT molecular complexity index is 518. The second-order valence-corrected chi connectivity index (χ2v) is 3.88. The van der Waals surface area contributed by atoms with Gasteiger partial charge in [-0.1, -0.05) is 6.92 Å². The van der Waals surface area contributed by atoms with Gasteiger partial charge in [0.2, 0.25) is 0 Å². The number of methoxy groups -OCH3 is 2. The fourth-order valence-corrected chi connectivity index (χ4v) is 1.90. The quantitative estimate of drug-likeness (QED) is 0.639. The van der Waals surface area contributed by atoms with Crippen molar-refractivity contribution in [2.45, 2.75) is 13.3 Å². The van der Waals surface area contributed by atoms with E-state index in [-0.39, 0.29) is 0 Å². The molecular formula is C13H17N3O2. The molecule has 5 nitrogen and oxygen atoms in total. The highest BCUT2D eigenvalue weighted by atomic mass is 16.5. The number of hydrogen-bond donors (Lipinski definition) is 2. The molecule has 1 heterocycles. The van der Waals surface area contributed by atoms with Crippen LogP contribution < -0.4 is 20.7 Å². The zero-order valence-corrected chi connectivity index (χ0v) is 10.8. The molecule has 0 atom stereocenters. The predicted molar refractivity (Wildman–Crippen MR) is 72.0 cm³/mol. The maximum atomic E-state index is 5.56. The topological polar surface area (TPSA) is 69.4 Å². The highest BCUT2D eigenvalue weighted by molar-refractivity contribution is 5.96. The number of aryl methyl sites for hydroxylation is 1. The second kappa shape index (κ2) is 5.10. The first-order valence-electron chi connectivity index (χ1n) is 5.75. The van der Waals surface area contributed by atoms with Crippen LogP contribution in [-0.4, -0.2) is 19.2 Å². The molecule has 0 amide bonds. The van der Waals surface area contributed by atoms with Crippen molar-refractivity contribution in [3.8, 4) is 11.5 Å². The SMILES string of the molecule is CCc1cc(NN)c2cc(OC)cc(OC)c2n1. The Morgan fingerprint density at radius 1 is 1.22 bits per heavy atom. The standard InChI is InChI=1S/C13H17N3O2/c1-4-8-5-11(16-14)10-6-9(17-2)7-12(18-3)13(10)15-8/h5-7H,4,14H2,1-3H3,(H,15,16). The molecule has 0 fully saturated rings. The van der Waals surface area contributed by atoms with Crippen LogP contribution in [0.15, 0.2) is 18.2 Å². The van der Waals surface area contributed by atoms with Crippen molar-refractivity contribution >= 4 is 16.6 Å². The van der Waals surface area contributed by atoms with Crippen molar-refractivity contribution in [2.75, 3.05) is 19.6 Å². The lowest BCUT2D eigenvalue weighted by atomic mass is 10.1. The smallest absolute Gasteiger partial charge is 0.148 e. The summed E-state index contributed by atoms with van der Waals surface area (Å²) < 4.78 is 10.6. The number of pyridine rings is 1. The van der Waals surface area contributed by atoms with E-state index in [9.17, 15) is 0 Å². The van der Waals surface area contributed by atoms with Crippen molar-refractivity contribution < 1.29 is 9.47 Å². The van der Waals surface area contributed by atoms with Crippen molar-refractivity contribution in [1.29, 1.82) is 0 Å². The lowest BCUT2D eigenvalue weighted by Gasteiger charge is -2.12. The molecule has 0 aliphatic carbocycles. The molecule has 0 saturated carbocycles. The summed E-state index contributed by atoms with van der Waals surface area (Å²) >= 11 is 0. The summed E-state index contributed by atoms with van der Waals surface area (Å²) in [6, 6.07) is 5.63. The Morgan fingerprint density at radius 2 is 2.00 bits per heavy atom. The van der Waals surface area contributed by atoms with E-state index in [4.69, 9.17) is 15.3 Å². The Balaban J connectivity index is 2.80. The molecule has 3 N–H and O–H groups in total. The molecule has 0 saturated heterocycles. The lowest BCUT2D eigenvalue weighted by Crippen LogP contribution is -2.08. The first-order valence-corrected chi connectivity index (χ1v) is 5.75. The van der Waals surface area contributed by atoms with Crippen LogP contribution in [-0.2, 0) is 6.42 Å². The van der Waals surface area contributed by atoms with Crippen molar-refractivity contribution in [1.82, 2.24) is 4.98 Å². The van der Waals surface area contributed by atoms with Gasteiger partial charge < -0.3 is 14.9 Å². The average Bonchev–Trinajstić information content (AvgIpc) is 2.44. The van der Waals surface area contributed by atoms with Gasteiger partial charge >= 0.3 is 0 Å². The minimum Gasteiger partial charge on any atom is -0.497 e. The van der Waals surface area contributed by atoms with Gasteiger partial charge in [0.1, 0.15) is 17.0 Å². The molecule has 2 rings (SSSR count). The van der Waals surface area contributed by atoms with Crippen LogP contribution in [0.2, 0.25) is 0 Å². The van der Waals surface area contributed by atoms with Gasteiger partial charge in [0.15, 0.2) is 0 Å². The van der Waals surface area contributed by atoms with E-state index in [1.165, 1.54) is 0 Å². The number of nitrogens with zero attached hydrogens (tertiary/aromatic N) is 1. The summed E-state index contributed by atoms with van der Waals surface area (Å²) in [5.74, 6) is 6.95. The summed E-state index contributed by atoms with van der Waals surface area (Å²) in [6.07, 6.45) is 0.833. The molecule has 5 heteroatoms. The van der Waals surface area contributed by atoms with Crippen molar-refractivity contribution in [3.05, 3.63) is 23.9 Å². The predicted octanol–water partition coefficient (Wildman–Crippen LogP) is 2.10. The first-order chi connectivity index (χ1) is 8.73. The summed E-state index contributed by atoms with van der Waals surface area (Å²) in [6.45, 7) is 2.05. The number of rotatable bonds is 4. The van der Waals surface area contributed by atoms with E-state index in [0.29, 0.717) is 11.5 Å². The highest BCUT2D eigenvalue weighted by Crippen LogP contribution is 2.34. The third-order valence-electron chi connectivity index (χ3n) is 2.88. The van der Waals surface area contributed by atoms with E-state index in [1.54, 1.807) is 14.2 Å². The number of ether oxygens (including phenoxy) is 2. The summed E-state index contributed by atoms with van der Waals surface area (Å²) in [5.41, 5.74) is 5.25. The van der Waals surface area contributed by atoms with Crippen LogP contribution in [0, 0.1) is 0 Å². The molecule has 0 aliphatic rings. The van der Waals surface area contributed by atoms with Crippen molar-refractivity contribution in [2.24, 2.45) is 5.84 Å². The number of benzene rings is 1. The van der Waals surface area contributed by atoms with E-state index in [2.05, 4.69) is 10.4 Å². The Morgan fingerprint density at radius 3 is 2.56 bits per heavy atom. The van der Waals surface area contributed by atoms with Gasteiger partial charge in [-0.3, -0.25) is 5.84 Å². The van der Waals surface area contributed by atoms with Gasteiger partial charge in [-0.25, -0.2) is 4.98 Å². The molecule has 96 valence electrons. The van der Waals surface area contributed by atoms with Crippen LogP contribution in [0.3, 0.4) is 0 Å². The third-order valence-corrected chi connectivity index (χ3v) is 2.88. The van der Waals surface area contributed by atoms with Gasteiger partial charge in [0.05, 0.1) is 19.9 Å². The minimum absolute atomic E-state index is 0.677. The Labute approximate surface area is 106 Å². The molecule has 1 aromatic heterocycles. The fraction of sp³-hybridized carbons (Fsp3) is 0.308. The molecule has 1 aromatic carbocycles. The van der Waals surface area contributed by atoms with E-state index >= 15 is 0 Å². The number of hydrogen-bond acceptors (Lipinski definition) is 5. The number of nitrogen functional groups attached to an aromatic ring is 1. The average molecular weight is 247 g/mol. The van der Waals surface area contributed by atoms with Gasteiger partial charge in [-0.2, -0.15) is 0 Å². The fourth-order valence-electron chi connectivity index (χ4n) is 1.90. The zero-order chi connectivity index (χ0) is 13.1. The minimum atomic E-state index is 0.677. The highest BCUT2D eigenvalue weighted by Gasteiger charge is 2.11. The van der Waals surface area contributed by atoms with Crippen LogP contribution in [0.1, 0.15) is 12.6 Å². The van der Waals surface area contributed by atoms with Gasteiger partial charge in [-0.05, 0) is 18.6 Å². The van der Waals surface area contributed by atoms with E-state index in [0.717, 1.165) is 28.7 Å². The molecule has 18 heavy (non-hydrogen) atoms. The number of aromatic nitrogens is 1. The third kappa shape index (κ3) is 2.04. The molecule has 0 radical (unpaired) electrons. The molecular weight excluding hydrogens is 230 g/mol. The number of hydrazine groups is 1. The number of fused-ring (bicyclic) bond motifs is 1. The summed E-state index contributed by atoms with van der Waals surface area (Å²) in [4.78, 5) is 4.57. The number of nitrogens with one attached hydrogen (secondary N) is 1. The maximum absolute atomic E-state index is 5.56. The van der Waals surface area contributed by atoms with E-state index < -0.39 is 0 Å². The number of anilines is 1. The largest absolute Gasteiger partial charge is 0.497 e. The molecule has 0 aliphatic heterocycles. The van der Waals surface area contributed by atoms with Crippen LogP contribution >= 0.6 is 0 Å². The lowest BCUT2D eigenvalue weighted by molar-refractivity contribution is 0.397. The first kappa shape index (κ1) is 12.4. The van der Waals surface area contributed by atoms with Crippen molar-refractivity contribution in [3.63, 3.8) is 0 Å². The van der Waals surface area contributed by atoms with Gasteiger partial charge in [-0.15, -0.1) is 0 Å². The normalized spacial score (nSPS) is 10.4. The van der Waals surface area contributed by atoms with Gasteiger partial charge in [0.25, 0.3) is 0 Å². The molecule has 0 spiro atoms. The van der Waals surface area contributed by atoms with Crippen LogP contribution in [0.5, 0.6) is 11.5 Å². The van der Waals surface area contributed by atoms with Crippen LogP contribution in [0.4, 0.5) is 5.69 Å². The monoisotopic (exact) mass is 247 g/mol. The molecule has 0 unspecified atom stereocenters. The molecule has 0 bridgehead atoms. The second-order valence-electron chi connectivity index (χ2n) is 3.88. The molecule has 2 aromatic rings. The maximum Gasteiger partial charge on any atom is 0.148 e. The van der Waals surface area contributed by atoms with Gasteiger partial charge in [0, 0.05) is 17.1 Å². The summed E-state index contributed by atoms with van der Waals surface area (Å²) in [5, 5.41) is 0.880.